The summed E-state index contributed by atoms with van der Waals surface area (Å²) in [5.41, 5.74) is 0.384. The Hall–Kier alpha value is -1.91. The van der Waals surface area contributed by atoms with E-state index in [1.54, 1.807) is 6.92 Å². The van der Waals surface area contributed by atoms with Crippen LogP contribution in [0.1, 0.15) is 33.4 Å². The molecule has 0 aliphatic rings. The molecule has 5 heteroatoms. The molecule has 1 aromatic heterocycles. The molecule has 0 spiro atoms. The van der Waals surface area contributed by atoms with E-state index in [9.17, 15) is 9.18 Å². The van der Waals surface area contributed by atoms with E-state index >= 15 is 0 Å². The van der Waals surface area contributed by atoms with Gasteiger partial charge in [-0.3, -0.25) is 9.69 Å². The molecule has 0 saturated carbocycles. The van der Waals surface area contributed by atoms with Crippen LogP contribution in [0.3, 0.4) is 0 Å². The second kappa shape index (κ2) is 6.50. The second-order valence-electron chi connectivity index (χ2n) is 5.37. The first-order valence-electron chi connectivity index (χ1n) is 6.52. The summed E-state index contributed by atoms with van der Waals surface area (Å²) in [6, 6.07) is 1.37. The number of carbonyl (C=O) groups excluding carboxylic acids is 1. The maximum atomic E-state index is 13.0. The van der Waals surface area contributed by atoms with E-state index in [-0.39, 0.29) is 23.4 Å². The third-order valence-electron chi connectivity index (χ3n) is 3.26. The van der Waals surface area contributed by atoms with Gasteiger partial charge in [-0.25, -0.2) is 4.39 Å². The number of halogens is 1. The summed E-state index contributed by atoms with van der Waals surface area (Å²) in [5.74, 6) is -0.0991. The van der Waals surface area contributed by atoms with Gasteiger partial charge in [0.2, 0.25) is 5.88 Å². The highest BCUT2D eigenvalue weighted by atomic mass is 19.1. The third kappa shape index (κ3) is 3.79. The predicted molar refractivity (Wildman–Crippen MR) is 77.8 cm³/mol. The Morgan fingerprint density at radius 3 is 2.45 bits per heavy atom. The Balaban J connectivity index is 3.06. The van der Waals surface area contributed by atoms with Gasteiger partial charge in [-0.15, -0.1) is 0 Å². The van der Waals surface area contributed by atoms with Gasteiger partial charge in [-0.05, 0) is 18.8 Å². The number of amides is 1. The summed E-state index contributed by atoms with van der Waals surface area (Å²) in [5, 5.41) is 3.56. The van der Waals surface area contributed by atoms with Crippen LogP contribution in [0.5, 0.6) is 0 Å². The van der Waals surface area contributed by atoms with Gasteiger partial charge in [0.05, 0.1) is 0 Å². The fourth-order valence-corrected chi connectivity index (χ4v) is 1.52. The largest absolute Gasteiger partial charge is 0.338 e. The minimum atomic E-state index is -0.695. The summed E-state index contributed by atoms with van der Waals surface area (Å²) >= 11 is 0. The van der Waals surface area contributed by atoms with Crippen molar-refractivity contribution in [1.29, 1.82) is 0 Å². The van der Waals surface area contributed by atoms with E-state index in [1.807, 2.05) is 6.92 Å². The van der Waals surface area contributed by atoms with Crippen LogP contribution in [0.15, 0.2) is 29.3 Å². The molecule has 20 heavy (non-hydrogen) atoms. The predicted octanol–water partition coefficient (Wildman–Crippen LogP) is 3.82. The van der Waals surface area contributed by atoms with Gasteiger partial charge in [-0.2, -0.15) is 0 Å². The van der Waals surface area contributed by atoms with E-state index in [1.165, 1.54) is 11.0 Å². The molecule has 1 amide bonds. The fourth-order valence-electron chi connectivity index (χ4n) is 1.52. The average Bonchev–Trinajstić information content (AvgIpc) is 2.83. The molecule has 0 aromatic carbocycles. The first kappa shape index (κ1) is 16.1. The van der Waals surface area contributed by atoms with Crippen molar-refractivity contribution in [3.8, 4) is 0 Å². The molecule has 1 heterocycles. The van der Waals surface area contributed by atoms with Crippen molar-refractivity contribution in [1.82, 2.24) is 5.16 Å². The zero-order valence-corrected chi connectivity index (χ0v) is 12.4. The first-order chi connectivity index (χ1) is 9.23. The zero-order chi connectivity index (χ0) is 15.4. The molecule has 1 unspecified atom stereocenters. The number of hydrogen-bond donors (Lipinski definition) is 0. The van der Waals surface area contributed by atoms with E-state index in [0.717, 1.165) is 0 Å². The molecule has 0 aliphatic heterocycles. The standard InChI is InChI=1S/C15H21FN2O2/c1-9(2)11(5)8-18(15(19)10(3)4)14-7-13(12(6)16)17-20-14/h7,9,11H,3,6,8H2,1-2,4-5H3. The quantitative estimate of drug-likeness (QED) is 0.744. The van der Waals surface area contributed by atoms with Crippen LogP contribution in [0, 0.1) is 11.8 Å². The smallest absolute Gasteiger partial charge is 0.255 e. The normalized spacial score (nSPS) is 12.3. The fraction of sp³-hybridized carbons (Fsp3) is 0.467. The lowest BCUT2D eigenvalue weighted by Gasteiger charge is -2.25. The second-order valence-corrected chi connectivity index (χ2v) is 5.37. The van der Waals surface area contributed by atoms with Crippen molar-refractivity contribution in [2.24, 2.45) is 11.8 Å². The maximum absolute atomic E-state index is 13.0. The Labute approximate surface area is 118 Å². The van der Waals surface area contributed by atoms with Gasteiger partial charge in [0.25, 0.3) is 5.91 Å². The Morgan fingerprint density at radius 1 is 1.45 bits per heavy atom. The number of carbonyl (C=O) groups is 1. The monoisotopic (exact) mass is 280 g/mol. The third-order valence-corrected chi connectivity index (χ3v) is 3.26. The van der Waals surface area contributed by atoms with Crippen molar-refractivity contribution in [3.05, 3.63) is 30.5 Å². The van der Waals surface area contributed by atoms with Gasteiger partial charge in [0.1, 0.15) is 11.5 Å². The van der Waals surface area contributed by atoms with Crippen LogP contribution in [-0.4, -0.2) is 17.6 Å². The van der Waals surface area contributed by atoms with E-state index < -0.39 is 5.83 Å². The van der Waals surface area contributed by atoms with Crippen LogP contribution < -0.4 is 4.90 Å². The Morgan fingerprint density at radius 2 is 2.05 bits per heavy atom. The Bertz CT molecular complexity index is 520. The van der Waals surface area contributed by atoms with Crippen LogP contribution in [0.25, 0.3) is 5.83 Å². The summed E-state index contributed by atoms with van der Waals surface area (Å²) in [4.78, 5) is 13.6. The molecule has 1 rings (SSSR count). The number of rotatable bonds is 6. The maximum Gasteiger partial charge on any atom is 0.255 e. The Kier molecular flexibility index (Phi) is 5.25. The molecule has 1 aromatic rings. The molecule has 0 aliphatic carbocycles. The van der Waals surface area contributed by atoms with Crippen molar-refractivity contribution in [3.63, 3.8) is 0 Å². The molecule has 0 fully saturated rings. The van der Waals surface area contributed by atoms with Crippen LogP contribution in [-0.2, 0) is 4.79 Å². The molecular weight excluding hydrogens is 259 g/mol. The first-order valence-corrected chi connectivity index (χ1v) is 6.52. The van der Waals surface area contributed by atoms with E-state index in [0.29, 0.717) is 18.0 Å². The highest BCUT2D eigenvalue weighted by Crippen LogP contribution is 2.24. The van der Waals surface area contributed by atoms with Gasteiger partial charge in [0.15, 0.2) is 0 Å². The van der Waals surface area contributed by atoms with Crippen LogP contribution in [0.4, 0.5) is 10.3 Å². The van der Waals surface area contributed by atoms with Crippen LogP contribution in [0.2, 0.25) is 0 Å². The molecular formula is C15H21FN2O2. The van der Waals surface area contributed by atoms with E-state index in [4.69, 9.17) is 4.52 Å². The van der Waals surface area contributed by atoms with Crippen molar-refractivity contribution < 1.29 is 13.7 Å². The molecule has 4 nitrogen and oxygen atoms in total. The van der Waals surface area contributed by atoms with Gasteiger partial charge in [-0.1, -0.05) is 39.1 Å². The van der Waals surface area contributed by atoms with E-state index in [2.05, 4.69) is 32.2 Å². The summed E-state index contributed by atoms with van der Waals surface area (Å²) < 4.78 is 18.1. The highest BCUT2D eigenvalue weighted by molar-refractivity contribution is 6.04. The van der Waals surface area contributed by atoms with Gasteiger partial charge >= 0.3 is 0 Å². The highest BCUT2D eigenvalue weighted by Gasteiger charge is 2.24. The molecule has 0 bridgehead atoms. The minimum Gasteiger partial charge on any atom is -0.338 e. The number of aromatic nitrogens is 1. The van der Waals surface area contributed by atoms with Gasteiger partial charge < -0.3 is 4.52 Å². The lowest BCUT2D eigenvalue weighted by atomic mass is 9.97. The topological polar surface area (TPSA) is 46.3 Å². The van der Waals surface area contributed by atoms with Crippen molar-refractivity contribution in [2.45, 2.75) is 27.7 Å². The SMILES string of the molecule is C=C(C)C(=O)N(CC(C)C(C)C)c1cc(C(=C)F)no1. The molecule has 1 atom stereocenters. The number of hydrogen-bond acceptors (Lipinski definition) is 3. The number of nitrogens with zero attached hydrogens (tertiary/aromatic N) is 2. The minimum absolute atomic E-state index is 0.00304. The van der Waals surface area contributed by atoms with Gasteiger partial charge in [0, 0.05) is 18.2 Å². The zero-order valence-electron chi connectivity index (χ0n) is 12.4. The summed E-state index contributed by atoms with van der Waals surface area (Å²) in [6.07, 6.45) is 0. The molecule has 0 radical (unpaired) electrons. The summed E-state index contributed by atoms with van der Waals surface area (Å²) in [7, 11) is 0. The number of anilines is 1. The molecule has 0 saturated heterocycles. The lowest BCUT2D eigenvalue weighted by molar-refractivity contribution is -0.115. The van der Waals surface area contributed by atoms with Crippen molar-refractivity contribution >= 4 is 17.6 Å². The summed E-state index contributed by atoms with van der Waals surface area (Å²) in [6.45, 7) is 15.1. The van der Waals surface area contributed by atoms with Crippen LogP contribution >= 0.6 is 0 Å². The molecule has 0 N–H and O–H groups in total. The van der Waals surface area contributed by atoms with Crippen molar-refractivity contribution in [2.75, 3.05) is 11.4 Å². The average molecular weight is 280 g/mol. The molecule has 110 valence electrons. The lowest BCUT2D eigenvalue weighted by Crippen LogP contribution is -2.36.